The summed E-state index contributed by atoms with van der Waals surface area (Å²) in [5, 5.41) is 0. The molecule has 1 aliphatic heterocycles. The van der Waals surface area contributed by atoms with E-state index in [1.54, 1.807) is 17.9 Å². The second kappa shape index (κ2) is 4.22. The molecule has 3 nitrogen and oxygen atoms in total. The zero-order valence-electron chi connectivity index (χ0n) is 8.62. The summed E-state index contributed by atoms with van der Waals surface area (Å²) in [5.41, 5.74) is 0.729. The molecule has 1 aliphatic rings. The van der Waals surface area contributed by atoms with Gasteiger partial charge in [0.15, 0.2) is 5.78 Å². The lowest BCUT2D eigenvalue weighted by atomic mass is 10.1. The predicted octanol–water partition coefficient (Wildman–Crippen LogP) is 1.51. The Hall–Kier alpha value is -1.38. The molecule has 0 radical (unpaired) electrons. The summed E-state index contributed by atoms with van der Waals surface area (Å²) >= 11 is 0. The highest BCUT2D eigenvalue weighted by Crippen LogP contribution is 2.22. The molecule has 1 unspecified atom stereocenters. The molecule has 1 saturated heterocycles. The summed E-state index contributed by atoms with van der Waals surface area (Å²) < 4.78 is 0. The number of likely N-dealkylation sites (tertiary alicyclic amines) is 1. The quantitative estimate of drug-likeness (QED) is 0.503. The molecule has 14 heavy (non-hydrogen) atoms. The van der Waals surface area contributed by atoms with E-state index in [1.165, 1.54) is 13.0 Å². The van der Waals surface area contributed by atoms with E-state index in [-0.39, 0.29) is 17.6 Å². The minimum Gasteiger partial charge on any atom is -0.316 e. The molecule has 1 rings (SSSR count). The topological polar surface area (TPSA) is 37.4 Å². The first-order chi connectivity index (χ1) is 6.54. The standard InChI is InChI=1S/C11H15NO2/c1-4-10-6-11(14)12(7-10)8(2)5-9(3)13/h4-5,10H,1,6-7H2,2-3H3. The van der Waals surface area contributed by atoms with E-state index in [4.69, 9.17) is 0 Å². The van der Waals surface area contributed by atoms with E-state index in [1.807, 2.05) is 0 Å². The predicted molar refractivity (Wildman–Crippen MR) is 54.5 cm³/mol. The minimum absolute atomic E-state index is 0.0302. The van der Waals surface area contributed by atoms with Crippen LogP contribution in [0.25, 0.3) is 0 Å². The highest BCUT2D eigenvalue weighted by molar-refractivity contribution is 5.89. The summed E-state index contributed by atoms with van der Waals surface area (Å²) in [6.45, 7) is 7.58. The summed E-state index contributed by atoms with van der Waals surface area (Å²) in [6, 6.07) is 0. The smallest absolute Gasteiger partial charge is 0.227 e. The van der Waals surface area contributed by atoms with Crippen LogP contribution in [-0.2, 0) is 9.59 Å². The van der Waals surface area contributed by atoms with Gasteiger partial charge in [-0.3, -0.25) is 9.59 Å². The zero-order valence-corrected chi connectivity index (χ0v) is 8.62. The van der Waals surface area contributed by atoms with E-state index < -0.39 is 0 Å². The third-order valence-electron chi connectivity index (χ3n) is 2.33. The molecule has 3 heteroatoms. The molecule has 1 atom stereocenters. The molecule has 0 aromatic carbocycles. The summed E-state index contributed by atoms with van der Waals surface area (Å²) in [4.78, 5) is 24.0. The summed E-state index contributed by atoms with van der Waals surface area (Å²) in [6.07, 6.45) is 3.79. The van der Waals surface area contributed by atoms with Gasteiger partial charge in [-0.05, 0) is 13.8 Å². The lowest BCUT2D eigenvalue weighted by molar-refractivity contribution is -0.126. The Kier molecular flexibility index (Phi) is 3.23. The second-order valence-electron chi connectivity index (χ2n) is 3.60. The fourth-order valence-corrected chi connectivity index (χ4v) is 1.61. The van der Waals surface area contributed by atoms with Crippen molar-refractivity contribution in [1.29, 1.82) is 0 Å². The lowest BCUT2D eigenvalue weighted by Crippen LogP contribution is -2.23. The third kappa shape index (κ3) is 2.31. The molecule has 76 valence electrons. The Bertz CT molecular complexity index is 304. The number of carbonyl (C=O) groups is 2. The molecule has 0 aromatic heterocycles. The van der Waals surface area contributed by atoms with Crippen LogP contribution in [0.1, 0.15) is 20.3 Å². The van der Waals surface area contributed by atoms with E-state index in [2.05, 4.69) is 6.58 Å². The van der Waals surface area contributed by atoms with Crippen molar-refractivity contribution in [2.24, 2.45) is 5.92 Å². The van der Waals surface area contributed by atoms with Gasteiger partial charge in [0, 0.05) is 30.7 Å². The third-order valence-corrected chi connectivity index (χ3v) is 2.33. The van der Waals surface area contributed by atoms with Crippen LogP contribution in [0.3, 0.4) is 0 Å². The zero-order chi connectivity index (χ0) is 10.7. The van der Waals surface area contributed by atoms with E-state index in [9.17, 15) is 9.59 Å². The van der Waals surface area contributed by atoms with Gasteiger partial charge in [0.1, 0.15) is 0 Å². The molecule has 1 fully saturated rings. The van der Waals surface area contributed by atoms with Gasteiger partial charge in [-0.2, -0.15) is 0 Å². The van der Waals surface area contributed by atoms with Crippen molar-refractivity contribution in [2.75, 3.05) is 6.54 Å². The first kappa shape index (κ1) is 10.7. The van der Waals surface area contributed by atoms with Crippen LogP contribution in [-0.4, -0.2) is 23.1 Å². The monoisotopic (exact) mass is 193 g/mol. The number of amides is 1. The number of hydrogen-bond acceptors (Lipinski definition) is 2. The maximum atomic E-state index is 11.5. The SMILES string of the molecule is C=CC1CC(=O)N(C(C)=CC(C)=O)C1. The Morgan fingerprint density at radius 1 is 1.57 bits per heavy atom. The van der Waals surface area contributed by atoms with Gasteiger partial charge >= 0.3 is 0 Å². The van der Waals surface area contributed by atoms with Crippen molar-refractivity contribution in [2.45, 2.75) is 20.3 Å². The maximum absolute atomic E-state index is 11.5. The highest BCUT2D eigenvalue weighted by Gasteiger charge is 2.28. The number of hydrogen-bond donors (Lipinski definition) is 0. The van der Waals surface area contributed by atoms with Crippen LogP contribution in [0.5, 0.6) is 0 Å². The Labute approximate surface area is 84.1 Å². The fourth-order valence-electron chi connectivity index (χ4n) is 1.61. The van der Waals surface area contributed by atoms with Crippen molar-refractivity contribution < 1.29 is 9.59 Å². The molecule has 0 saturated carbocycles. The average molecular weight is 193 g/mol. The molecule has 0 aliphatic carbocycles. The molecular weight excluding hydrogens is 178 g/mol. The van der Waals surface area contributed by atoms with Gasteiger partial charge in [-0.25, -0.2) is 0 Å². The maximum Gasteiger partial charge on any atom is 0.227 e. The van der Waals surface area contributed by atoms with Crippen LogP contribution in [0.2, 0.25) is 0 Å². The number of allylic oxidation sites excluding steroid dienone is 2. The van der Waals surface area contributed by atoms with Gasteiger partial charge in [-0.1, -0.05) is 6.08 Å². The molecule has 1 amide bonds. The van der Waals surface area contributed by atoms with Crippen LogP contribution in [0, 0.1) is 5.92 Å². The number of ketones is 1. The summed E-state index contributed by atoms with van der Waals surface area (Å²) in [5.74, 6) is 0.264. The minimum atomic E-state index is -0.0302. The Morgan fingerprint density at radius 2 is 2.21 bits per heavy atom. The van der Waals surface area contributed by atoms with Gasteiger partial charge in [0.2, 0.25) is 5.91 Å². The average Bonchev–Trinajstić information content (AvgIpc) is 2.45. The summed E-state index contributed by atoms with van der Waals surface area (Å²) in [7, 11) is 0. The van der Waals surface area contributed by atoms with E-state index in [0.717, 1.165) is 5.70 Å². The second-order valence-corrected chi connectivity index (χ2v) is 3.60. The molecule has 1 heterocycles. The van der Waals surface area contributed by atoms with Crippen molar-refractivity contribution in [3.8, 4) is 0 Å². The lowest BCUT2D eigenvalue weighted by Gasteiger charge is -2.16. The van der Waals surface area contributed by atoms with Crippen LogP contribution < -0.4 is 0 Å². The van der Waals surface area contributed by atoms with Crippen molar-refractivity contribution in [3.63, 3.8) is 0 Å². The van der Waals surface area contributed by atoms with E-state index >= 15 is 0 Å². The van der Waals surface area contributed by atoms with Gasteiger partial charge in [-0.15, -0.1) is 6.58 Å². The Morgan fingerprint density at radius 3 is 2.64 bits per heavy atom. The first-order valence-corrected chi connectivity index (χ1v) is 4.66. The normalized spacial score (nSPS) is 22.7. The number of carbonyl (C=O) groups excluding carboxylic acids is 2. The van der Waals surface area contributed by atoms with Crippen molar-refractivity contribution >= 4 is 11.7 Å². The van der Waals surface area contributed by atoms with Crippen LogP contribution in [0.4, 0.5) is 0 Å². The molecule has 0 aromatic rings. The van der Waals surface area contributed by atoms with Gasteiger partial charge in [0.05, 0.1) is 0 Å². The first-order valence-electron chi connectivity index (χ1n) is 4.66. The van der Waals surface area contributed by atoms with Crippen molar-refractivity contribution in [1.82, 2.24) is 4.90 Å². The van der Waals surface area contributed by atoms with Crippen molar-refractivity contribution in [3.05, 3.63) is 24.4 Å². The fraction of sp³-hybridized carbons (Fsp3) is 0.455. The van der Waals surface area contributed by atoms with Crippen LogP contribution >= 0.6 is 0 Å². The number of nitrogens with zero attached hydrogens (tertiary/aromatic N) is 1. The van der Waals surface area contributed by atoms with Crippen LogP contribution in [0.15, 0.2) is 24.4 Å². The number of rotatable bonds is 3. The Balaban J connectivity index is 2.75. The molecule has 0 spiro atoms. The molecule has 0 bridgehead atoms. The molecule has 0 N–H and O–H groups in total. The molecular formula is C11H15NO2. The van der Waals surface area contributed by atoms with Gasteiger partial charge < -0.3 is 4.90 Å². The van der Waals surface area contributed by atoms with E-state index in [0.29, 0.717) is 13.0 Å². The largest absolute Gasteiger partial charge is 0.316 e. The highest BCUT2D eigenvalue weighted by atomic mass is 16.2. The van der Waals surface area contributed by atoms with Gasteiger partial charge in [0.25, 0.3) is 0 Å².